The lowest BCUT2D eigenvalue weighted by Gasteiger charge is -2.19. The Hall–Kier alpha value is -4.06. The van der Waals surface area contributed by atoms with Crippen molar-refractivity contribution in [1.29, 1.82) is 5.26 Å². The molecule has 2 N–H and O–H groups in total. The van der Waals surface area contributed by atoms with Crippen molar-refractivity contribution in [2.45, 2.75) is 64.3 Å². The van der Waals surface area contributed by atoms with E-state index in [0.29, 0.717) is 18.1 Å². The van der Waals surface area contributed by atoms with Gasteiger partial charge in [0, 0.05) is 11.6 Å². The van der Waals surface area contributed by atoms with E-state index in [2.05, 4.69) is 44.0 Å². The van der Waals surface area contributed by atoms with E-state index >= 15 is 0 Å². The number of nitrogens with one attached hydrogen (secondary N) is 2. The van der Waals surface area contributed by atoms with E-state index in [9.17, 15) is 9.59 Å². The maximum Gasteiger partial charge on any atom is 0.315 e. The minimum absolute atomic E-state index is 0.0222. The molecule has 1 saturated carbocycles. The van der Waals surface area contributed by atoms with E-state index in [1.165, 1.54) is 5.56 Å². The number of amides is 2. The molecule has 5 rings (SSSR count). The van der Waals surface area contributed by atoms with Crippen LogP contribution in [-0.2, 0) is 16.6 Å². The number of fused-ring (bicyclic) bond motifs is 1. The molecular formula is C28H30N6O3. The molecule has 3 aromatic rings. The third-order valence-electron chi connectivity index (χ3n) is 6.94. The fourth-order valence-electron chi connectivity index (χ4n) is 4.68. The van der Waals surface area contributed by atoms with Crippen LogP contribution in [0.5, 0.6) is 0 Å². The van der Waals surface area contributed by atoms with Gasteiger partial charge in [-0.1, -0.05) is 50.5 Å². The predicted molar refractivity (Wildman–Crippen MR) is 136 cm³/mol. The molecule has 2 aliphatic rings. The third kappa shape index (κ3) is 5.38. The Kier molecular flexibility index (Phi) is 6.50. The molecule has 2 aromatic heterocycles. The number of hydrogen-bond acceptors (Lipinski definition) is 7. The summed E-state index contributed by atoms with van der Waals surface area (Å²) in [5.41, 5.74) is 3.91. The molecule has 0 radical (unpaired) electrons. The molecule has 1 unspecified atom stereocenters. The number of aromatic nitrogens is 3. The molecule has 3 atom stereocenters. The molecule has 2 aliphatic carbocycles. The summed E-state index contributed by atoms with van der Waals surface area (Å²) in [4.78, 5) is 33.8. The van der Waals surface area contributed by atoms with E-state index in [1.807, 2.05) is 39.0 Å². The van der Waals surface area contributed by atoms with Crippen LogP contribution in [0.1, 0.15) is 80.1 Å². The standard InChI is InChI=1S/C28H30N6O3/c1-28(2,3)27-33-26(37-34-27)25(36)31-22-7-5-4-6-18-12-16(8-9-20(18)22)17-10-11-30-23(14-17)32-24(35)21-13-19(21)15-29/h8-12,14,19,21-22H,4-7,13H2,1-3H3,(H,31,36)(H,30,32,35)/t19-,21-,22?/m0/s1. The highest BCUT2D eigenvalue weighted by Crippen LogP contribution is 2.38. The number of rotatable bonds is 5. The van der Waals surface area contributed by atoms with Gasteiger partial charge in [0.05, 0.1) is 23.9 Å². The maximum absolute atomic E-state index is 12.9. The van der Waals surface area contributed by atoms with Crippen LogP contribution in [0.4, 0.5) is 5.82 Å². The average Bonchev–Trinajstić information content (AvgIpc) is 3.55. The van der Waals surface area contributed by atoms with E-state index in [4.69, 9.17) is 9.78 Å². The number of nitrogens with zero attached hydrogens (tertiary/aromatic N) is 4. The first-order valence-corrected chi connectivity index (χ1v) is 12.7. The monoisotopic (exact) mass is 498 g/mol. The van der Waals surface area contributed by atoms with Crippen LogP contribution in [-0.4, -0.2) is 26.9 Å². The molecule has 0 saturated heterocycles. The van der Waals surface area contributed by atoms with Gasteiger partial charge in [-0.15, -0.1) is 0 Å². The minimum Gasteiger partial charge on any atom is -0.341 e. The van der Waals surface area contributed by atoms with Crippen molar-refractivity contribution in [1.82, 2.24) is 20.4 Å². The van der Waals surface area contributed by atoms with Gasteiger partial charge in [-0.05, 0) is 60.1 Å². The van der Waals surface area contributed by atoms with Crippen LogP contribution < -0.4 is 10.6 Å². The van der Waals surface area contributed by atoms with E-state index in [1.54, 1.807) is 6.20 Å². The zero-order chi connectivity index (χ0) is 26.2. The second-order valence-electron chi connectivity index (χ2n) is 10.9. The summed E-state index contributed by atoms with van der Waals surface area (Å²) in [7, 11) is 0. The van der Waals surface area contributed by atoms with Gasteiger partial charge in [-0.2, -0.15) is 10.2 Å². The number of carbonyl (C=O) groups excluding carboxylic acids is 2. The smallest absolute Gasteiger partial charge is 0.315 e. The van der Waals surface area contributed by atoms with Gasteiger partial charge in [0.1, 0.15) is 5.82 Å². The largest absolute Gasteiger partial charge is 0.341 e. The number of benzene rings is 1. The van der Waals surface area contributed by atoms with Crippen molar-refractivity contribution >= 4 is 17.6 Å². The molecule has 9 nitrogen and oxygen atoms in total. The maximum atomic E-state index is 12.9. The second kappa shape index (κ2) is 9.77. The SMILES string of the molecule is CC(C)(C)c1noc(C(=O)NC2CCCCc3cc(-c4ccnc(NC(=O)[C@H]5C[C@H]5C#N)c4)ccc32)n1. The van der Waals surface area contributed by atoms with Gasteiger partial charge >= 0.3 is 11.8 Å². The van der Waals surface area contributed by atoms with Crippen molar-refractivity contribution in [2.24, 2.45) is 11.8 Å². The van der Waals surface area contributed by atoms with E-state index in [0.717, 1.165) is 42.4 Å². The first-order valence-electron chi connectivity index (χ1n) is 12.7. The van der Waals surface area contributed by atoms with Crippen LogP contribution in [0.2, 0.25) is 0 Å². The number of hydrogen-bond donors (Lipinski definition) is 2. The minimum atomic E-state index is -0.367. The van der Waals surface area contributed by atoms with Gasteiger partial charge in [0.15, 0.2) is 5.82 Å². The molecule has 1 aromatic carbocycles. The molecule has 0 spiro atoms. The molecule has 9 heteroatoms. The fraction of sp³-hybridized carbons (Fsp3) is 0.429. The summed E-state index contributed by atoms with van der Waals surface area (Å²) >= 11 is 0. The summed E-state index contributed by atoms with van der Waals surface area (Å²) in [6, 6.07) is 12.0. The first-order chi connectivity index (χ1) is 17.7. The lowest BCUT2D eigenvalue weighted by atomic mass is 9.94. The van der Waals surface area contributed by atoms with Gasteiger partial charge in [-0.25, -0.2) is 4.98 Å². The molecule has 37 heavy (non-hydrogen) atoms. The predicted octanol–water partition coefficient (Wildman–Crippen LogP) is 4.72. The highest BCUT2D eigenvalue weighted by molar-refractivity contribution is 5.94. The van der Waals surface area contributed by atoms with Gasteiger partial charge < -0.3 is 15.2 Å². The highest BCUT2D eigenvalue weighted by Gasteiger charge is 2.43. The average molecular weight is 499 g/mol. The quantitative estimate of drug-likeness (QED) is 0.486. The molecule has 2 heterocycles. The summed E-state index contributed by atoms with van der Waals surface area (Å²) in [5.74, 6) is -0.0185. The Labute approximate surface area is 215 Å². The number of nitriles is 1. The Morgan fingerprint density at radius 3 is 2.68 bits per heavy atom. The van der Waals surface area contributed by atoms with E-state index < -0.39 is 0 Å². The summed E-state index contributed by atoms with van der Waals surface area (Å²) in [6.07, 6.45) is 6.03. The third-order valence-corrected chi connectivity index (χ3v) is 6.94. The van der Waals surface area contributed by atoms with Crippen molar-refractivity contribution in [3.63, 3.8) is 0 Å². The lowest BCUT2D eigenvalue weighted by Crippen LogP contribution is -2.29. The van der Waals surface area contributed by atoms with Crippen LogP contribution in [0.15, 0.2) is 41.1 Å². The lowest BCUT2D eigenvalue weighted by molar-refractivity contribution is -0.117. The fourth-order valence-corrected chi connectivity index (χ4v) is 4.68. The van der Waals surface area contributed by atoms with Crippen LogP contribution >= 0.6 is 0 Å². The summed E-state index contributed by atoms with van der Waals surface area (Å²) < 4.78 is 5.24. The zero-order valence-corrected chi connectivity index (χ0v) is 21.2. The molecule has 1 fully saturated rings. The number of carbonyl (C=O) groups is 2. The zero-order valence-electron chi connectivity index (χ0n) is 21.2. The number of aryl methyl sites for hydroxylation is 1. The van der Waals surface area contributed by atoms with Crippen molar-refractivity contribution in [3.05, 3.63) is 59.4 Å². The Morgan fingerprint density at radius 2 is 1.95 bits per heavy atom. The van der Waals surface area contributed by atoms with Crippen molar-refractivity contribution < 1.29 is 14.1 Å². The number of pyridine rings is 1. The normalized spacial score (nSPS) is 20.8. The summed E-state index contributed by atoms with van der Waals surface area (Å²) in [5, 5.41) is 18.9. The first kappa shape index (κ1) is 24.6. The van der Waals surface area contributed by atoms with Crippen LogP contribution in [0.3, 0.4) is 0 Å². The Balaban J connectivity index is 1.33. The summed E-state index contributed by atoms with van der Waals surface area (Å²) in [6.45, 7) is 5.90. The Morgan fingerprint density at radius 1 is 1.14 bits per heavy atom. The molecule has 0 bridgehead atoms. The highest BCUT2D eigenvalue weighted by atomic mass is 16.5. The van der Waals surface area contributed by atoms with Crippen LogP contribution in [0.25, 0.3) is 11.1 Å². The molecular weight excluding hydrogens is 468 g/mol. The van der Waals surface area contributed by atoms with Crippen LogP contribution in [0, 0.1) is 23.2 Å². The second-order valence-corrected chi connectivity index (χ2v) is 10.9. The molecule has 190 valence electrons. The van der Waals surface area contributed by atoms with Gasteiger partial charge in [-0.3, -0.25) is 9.59 Å². The van der Waals surface area contributed by atoms with Gasteiger partial charge in [0.2, 0.25) is 5.91 Å². The number of anilines is 1. The Bertz CT molecular complexity index is 1380. The van der Waals surface area contributed by atoms with Gasteiger partial charge in [0.25, 0.3) is 0 Å². The molecule has 0 aliphatic heterocycles. The van der Waals surface area contributed by atoms with Crippen molar-refractivity contribution in [3.8, 4) is 17.2 Å². The molecule has 2 amide bonds. The van der Waals surface area contributed by atoms with E-state index in [-0.39, 0.29) is 41.0 Å². The van der Waals surface area contributed by atoms with Crippen molar-refractivity contribution in [2.75, 3.05) is 5.32 Å². The topological polar surface area (TPSA) is 134 Å².